The zero-order valence-electron chi connectivity index (χ0n) is 22.1. The fourth-order valence-electron chi connectivity index (χ4n) is 3.95. The fourth-order valence-corrected chi connectivity index (χ4v) is 3.95. The van der Waals surface area contributed by atoms with E-state index in [1.807, 2.05) is 18.2 Å². The number of nitrogens with one attached hydrogen (secondary N) is 3. The number of carboxylic acids is 1. The highest BCUT2D eigenvalue weighted by atomic mass is 16.4. The van der Waals surface area contributed by atoms with Gasteiger partial charge in [-0.25, -0.2) is 4.79 Å². The molecule has 11 nitrogen and oxygen atoms in total. The second kappa shape index (κ2) is 16.2. The Balaban J connectivity index is 2.27. The Kier molecular flexibility index (Phi) is 13.1. The first-order valence-electron chi connectivity index (χ1n) is 13.0. The van der Waals surface area contributed by atoms with Crippen molar-refractivity contribution in [3.63, 3.8) is 0 Å². The second-order valence-corrected chi connectivity index (χ2v) is 9.46. The van der Waals surface area contributed by atoms with Crippen LogP contribution >= 0.6 is 0 Å². The Morgan fingerprint density at radius 1 is 0.769 bits per heavy atom. The standard InChI is InChI=1S/C28H39N5O6/c1-18(34)24(28(38)39)33-27(37)23(17-20-12-6-3-7-13-20)32-26(36)22(16-19-10-4-2-5-11-19)31-25(35)21(30)14-8-9-15-29/h2-7,10-13,18,21-24,34H,8-9,14-17,29-30H2,1H3,(H,31,35)(H,32,36)(H,33,37)(H,38,39). The zero-order chi connectivity index (χ0) is 28.8. The van der Waals surface area contributed by atoms with E-state index < -0.39 is 54.0 Å². The van der Waals surface area contributed by atoms with Crippen molar-refractivity contribution < 1.29 is 29.4 Å². The van der Waals surface area contributed by atoms with Crippen molar-refractivity contribution in [2.45, 2.75) is 69.3 Å². The maximum atomic E-state index is 13.5. The van der Waals surface area contributed by atoms with E-state index in [9.17, 15) is 29.4 Å². The molecule has 0 saturated heterocycles. The number of rotatable bonds is 16. The van der Waals surface area contributed by atoms with Gasteiger partial charge < -0.3 is 37.6 Å². The molecule has 3 amide bonds. The average Bonchev–Trinajstić information content (AvgIpc) is 2.91. The molecule has 0 spiro atoms. The van der Waals surface area contributed by atoms with Crippen LogP contribution in [-0.2, 0) is 32.0 Å². The Labute approximate surface area is 228 Å². The fraction of sp³-hybridized carbons (Fsp3) is 0.429. The lowest BCUT2D eigenvalue weighted by atomic mass is 10.0. The van der Waals surface area contributed by atoms with Crippen molar-refractivity contribution in [3.05, 3.63) is 71.8 Å². The minimum Gasteiger partial charge on any atom is -0.480 e. The number of aliphatic hydroxyl groups excluding tert-OH is 1. The number of carbonyl (C=O) groups excluding carboxylic acids is 3. The van der Waals surface area contributed by atoms with Crippen molar-refractivity contribution in [2.75, 3.05) is 6.54 Å². The van der Waals surface area contributed by atoms with Crippen LogP contribution in [0.25, 0.3) is 0 Å². The van der Waals surface area contributed by atoms with Gasteiger partial charge in [-0.1, -0.05) is 67.1 Å². The van der Waals surface area contributed by atoms with Gasteiger partial charge in [-0.3, -0.25) is 14.4 Å². The minimum atomic E-state index is -1.57. The van der Waals surface area contributed by atoms with Crippen LogP contribution in [0.1, 0.15) is 37.3 Å². The molecule has 39 heavy (non-hydrogen) atoms. The Morgan fingerprint density at radius 2 is 1.23 bits per heavy atom. The number of carboxylic acid groups (broad SMARTS) is 1. The third-order valence-electron chi connectivity index (χ3n) is 6.18. The lowest BCUT2D eigenvalue weighted by Crippen LogP contribution is -2.59. The third-order valence-corrected chi connectivity index (χ3v) is 6.18. The van der Waals surface area contributed by atoms with Crippen molar-refractivity contribution in [1.29, 1.82) is 0 Å². The molecular weight excluding hydrogens is 502 g/mol. The molecule has 0 aliphatic heterocycles. The Bertz CT molecular complexity index is 1070. The van der Waals surface area contributed by atoms with Gasteiger partial charge in [0.15, 0.2) is 6.04 Å². The van der Waals surface area contributed by atoms with E-state index in [-0.39, 0.29) is 12.8 Å². The molecule has 0 aromatic heterocycles. The van der Waals surface area contributed by atoms with Crippen LogP contribution in [0, 0.1) is 0 Å². The first-order valence-corrected chi connectivity index (χ1v) is 13.0. The SMILES string of the molecule is CC(O)C(NC(=O)C(Cc1ccccc1)NC(=O)C(Cc1ccccc1)NC(=O)C(N)CCCCN)C(=O)O. The summed E-state index contributed by atoms with van der Waals surface area (Å²) in [4.78, 5) is 51.0. The first kappa shape index (κ1) is 31.4. The summed E-state index contributed by atoms with van der Waals surface area (Å²) in [6, 6.07) is 13.3. The number of benzene rings is 2. The highest BCUT2D eigenvalue weighted by molar-refractivity contribution is 5.94. The van der Waals surface area contributed by atoms with E-state index in [1.165, 1.54) is 6.92 Å². The Morgan fingerprint density at radius 3 is 1.67 bits per heavy atom. The van der Waals surface area contributed by atoms with Gasteiger partial charge in [-0.05, 0) is 37.4 Å². The average molecular weight is 542 g/mol. The molecule has 5 atom stereocenters. The molecule has 9 N–H and O–H groups in total. The summed E-state index contributed by atoms with van der Waals surface area (Å²) in [6.45, 7) is 1.72. The number of hydrogen-bond donors (Lipinski definition) is 7. The molecule has 0 radical (unpaired) electrons. The molecule has 2 aromatic rings. The molecule has 212 valence electrons. The predicted octanol–water partition coefficient (Wildman–Crippen LogP) is -0.152. The quantitative estimate of drug-likeness (QED) is 0.142. The number of carbonyl (C=O) groups is 4. The van der Waals surface area contributed by atoms with E-state index in [4.69, 9.17) is 11.5 Å². The topological polar surface area (TPSA) is 197 Å². The lowest BCUT2D eigenvalue weighted by Gasteiger charge is -2.26. The summed E-state index contributed by atoms with van der Waals surface area (Å²) in [5.74, 6) is -3.35. The van der Waals surface area contributed by atoms with Gasteiger partial charge in [0.05, 0.1) is 12.1 Å². The third kappa shape index (κ3) is 10.8. The molecular formula is C28H39N5O6. The number of nitrogens with two attached hydrogens (primary N) is 2. The molecule has 0 fully saturated rings. The van der Waals surface area contributed by atoms with Crippen molar-refractivity contribution in [1.82, 2.24) is 16.0 Å². The second-order valence-electron chi connectivity index (χ2n) is 9.46. The molecule has 5 unspecified atom stereocenters. The van der Waals surface area contributed by atoms with Crippen LogP contribution in [0.4, 0.5) is 0 Å². The first-order chi connectivity index (χ1) is 18.6. The molecule has 0 saturated carbocycles. The van der Waals surface area contributed by atoms with Gasteiger partial charge >= 0.3 is 5.97 Å². The molecule has 2 rings (SSSR count). The molecule has 11 heteroatoms. The molecule has 0 aliphatic rings. The summed E-state index contributed by atoms with van der Waals surface area (Å²) in [7, 11) is 0. The van der Waals surface area contributed by atoms with Crippen molar-refractivity contribution in [2.24, 2.45) is 11.5 Å². The number of hydrogen-bond acceptors (Lipinski definition) is 7. The largest absolute Gasteiger partial charge is 0.480 e. The van der Waals surface area contributed by atoms with Gasteiger partial charge in [0.1, 0.15) is 12.1 Å². The van der Waals surface area contributed by atoms with Crippen molar-refractivity contribution >= 4 is 23.7 Å². The van der Waals surface area contributed by atoms with E-state index in [2.05, 4.69) is 16.0 Å². The summed E-state index contributed by atoms with van der Waals surface area (Å²) < 4.78 is 0. The maximum absolute atomic E-state index is 13.5. The molecule has 0 bridgehead atoms. The van der Waals surface area contributed by atoms with Crippen LogP contribution in [0.3, 0.4) is 0 Å². The Hall–Kier alpha value is -3.80. The smallest absolute Gasteiger partial charge is 0.328 e. The van der Waals surface area contributed by atoms with Crippen LogP contribution in [-0.4, -0.2) is 70.7 Å². The van der Waals surface area contributed by atoms with Crippen molar-refractivity contribution in [3.8, 4) is 0 Å². The van der Waals surface area contributed by atoms with E-state index in [1.54, 1.807) is 42.5 Å². The van der Waals surface area contributed by atoms with Crippen LogP contribution in [0.5, 0.6) is 0 Å². The monoisotopic (exact) mass is 541 g/mol. The number of aliphatic hydroxyl groups is 1. The number of amides is 3. The van der Waals surface area contributed by atoms with Crippen LogP contribution in [0.15, 0.2) is 60.7 Å². The van der Waals surface area contributed by atoms with Crippen LogP contribution in [0.2, 0.25) is 0 Å². The van der Waals surface area contributed by atoms with Gasteiger partial charge in [-0.15, -0.1) is 0 Å². The normalized spacial score (nSPS) is 14.8. The van der Waals surface area contributed by atoms with E-state index >= 15 is 0 Å². The van der Waals surface area contributed by atoms with E-state index in [0.29, 0.717) is 24.9 Å². The zero-order valence-corrected chi connectivity index (χ0v) is 22.1. The summed E-state index contributed by atoms with van der Waals surface area (Å²) >= 11 is 0. The lowest BCUT2D eigenvalue weighted by molar-refractivity contribution is -0.145. The number of unbranched alkanes of at least 4 members (excludes halogenated alkanes) is 1. The summed E-state index contributed by atoms with van der Waals surface area (Å²) in [5.41, 5.74) is 13.0. The number of aliphatic carboxylic acids is 1. The van der Waals surface area contributed by atoms with Gasteiger partial charge in [0, 0.05) is 12.8 Å². The van der Waals surface area contributed by atoms with Gasteiger partial charge in [0.2, 0.25) is 17.7 Å². The summed E-state index contributed by atoms with van der Waals surface area (Å²) in [5, 5.41) is 26.9. The van der Waals surface area contributed by atoms with E-state index in [0.717, 1.165) is 12.0 Å². The molecule has 0 heterocycles. The molecule has 0 aliphatic carbocycles. The minimum absolute atomic E-state index is 0.0508. The maximum Gasteiger partial charge on any atom is 0.328 e. The molecule has 2 aromatic carbocycles. The highest BCUT2D eigenvalue weighted by Crippen LogP contribution is 2.09. The highest BCUT2D eigenvalue weighted by Gasteiger charge is 2.32. The van der Waals surface area contributed by atoms with Crippen LogP contribution < -0.4 is 27.4 Å². The predicted molar refractivity (Wildman–Crippen MR) is 146 cm³/mol. The van der Waals surface area contributed by atoms with Gasteiger partial charge in [-0.2, -0.15) is 0 Å². The summed E-state index contributed by atoms with van der Waals surface area (Å²) in [6.07, 6.45) is 0.597. The van der Waals surface area contributed by atoms with Gasteiger partial charge in [0.25, 0.3) is 0 Å².